The van der Waals surface area contributed by atoms with Gasteiger partial charge in [0.15, 0.2) is 0 Å². The predicted octanol–water partition coefficient (Wildman–Crippen LogP) is 1.12. The van der Waals surface area contributed by atoms with Crippen LogP contribution >= 0.6 is 0 Å². The minimum atomic E-state index is -0.0693. The lowest BCUT2D eigenvalue weighted by Crippen LogP contribution is -2.31. The highest BCUT2D eigenvalue weighted by Gasteiger charge is 2.22. The number of rotatable bonds is 6. The summed E-state index contributed by atoms with van der Waals surface area (Å²) in [5.74, 6) is 0.181. The molecule has 0 bridgehead atoms. The van der Waals surface area contributed by atoms with Crippen molar-refractivity contribution in [3.8, 4) is 0 Å². The van der Waals surface area contributed by atoms with Gasteiger partial charge in [-0.3, -0.25) is 0 Å². The molecule has 0 aliphatic carbocycles. The van der Waals surface area contributed by atoms with Crippen molar-refractivity contribution in [1.82, 2.24) is 0 Å². The molecule has 0 fully saturated rings. The molecule has 0 saturated carbocycles. The first-order chi connectivity index (χ1) is 5.67. The van der Waals surface area contributed by atoms with Crippen LogP contribution in [0.1, 0.15) is 13.8 Å². The Morgan fingerprint density at radius 2 is 1.92 bits per heavy atom. The average Bonchev–Trinajstić information content (AvgIpc) is 2.06. The number of hydrogen-bond acceptors (Lipinski definition) is 3. The van der Waals surface area contributed by atoms with Crippen LogP contribution in [-0.4, -0.2) is 33.2 Å². The molecule has 3 unspecified atom stereocenters. The molecule has 0 aromatic heterocycles. The second-order valence-corrected chi connectivity index (χ2v) is 3.13. The highest BCUT2D eigenvalue weighted by molar-refractivity contribution is 5.53. The van der Waals surface area contributed by atoms with Gasteiger partial charge in [0, 0.05) is 26.1 Å². The third-order valence-corrected chi connectivity index (χ3v) is 2.00. The van der Waals surface area contributed by atoms with Crippen molar-refractivity contribution in [3.05, 3.63) is 0 Å². The van der Waals surface area contributed by atoms with Crippen molar-refractivity contribution < 1.29 is 14.3 Å². The smallest absolute Gasteiger partial charge is 0.125 e. The van der Waals surface area contributed by atoms with Gasteiger partial charge in [-0.15, -0.1) is 0 Å². The highest BCUT2D eigenvalue weighted by atomic mass is 16.5. The van der Waals surface area contributed by atoms with E-state index >= 15 is 0 Å². The molecule has 3 heteroatoms. The van der Waals surface area contributed by atoms with Gasteiger partial charge in [-0.25, -0.2) is 0 Å². The van der Waals surface area contributed by atoms with Crippen molar-refractivity contribution in [2.45, 2.75) is 20.0 Å². The van der Waals surface area contributed by atoms with Gasteiger partial charge >= 0.3 is 0 Å². The molecule has 72 valence electrons. The van der Waals surface area contributed by atoms with Crippen molar-refractivity contribution in [2.75, 3.05) is 20.8 Å². The van der Waals surface area contributed by atoms with Gasteiger partial charge in [0.05, 0.1) is 12.7 Å². The van der Waals surface area contributed by atoms with E-state index in [9.17, 15) is 4.79 Å². The molecule has 0 aliphatic heterocycles. The summed E-state index contributed by atoms with van der Waals surface area (Å²) >= 11 is 0. The van der Waals surface area contributed by atoms with Gasteiger partial charge in [0.1, 0.15) is 6.29 Å². The number of hydrogen-bond donors (Lipinski definition) is 0. The maximum Gasteiger partial charge on any atom is 0.125 e. The zero-order valence-corrected chi connectivity index (χ0v) is 8.24. The van der Waals surface area contributed by atoms with Crippen molar-refractivity contribution in [2.24, 2.45) is 11.8 Å². The van der Waals surface area contributed by atoms with Crippen LogP contribution in [0, 0.1) is 11.8 Å². The fraction of sp³-hybridized carbons (Fsp3) is 0.889. The van der Waals surface area contributed by atoms with Crippen LogP contribution in [0.4, 0.5) is 0 Å². The molecule has 0 aliphatic rings. The maximum absolute atomic E-state index is 10.5. The van der Waals surface area contributed by atoms with Crippen LogP contribution < -0.4 is 0 Å². The third-order valence-electron chi connectivity index (χ3n) is 2.00. The van der Waals surface area contributed by atoms with Crippen LogP contribution in [0.5, 0.6) is 0 Å². The summed E-state index contributed by atoms with van der Waals surface area (Å²) < 4.78 is 10.2. The Labute approximate surface area is 74.0 Å². The Kier molecular flexibility index (Phi) is 5.93. The Balaban J connectivity index is 4.02. The molecule has 0 aromatic carbocycles. The Morgan fingerprint density at radius 3 is 2.25 bits per heavy atom. The molecule has 0 rings (SSSR count). The monoisotopic (exact) mass is 174 g/mol. The molecular weight excluding hydrogens is 156 g/mol. The minimum Gasteiger partial charge on any atom is -0.384 e. The summed E-state index contributed by atoms with van der Waals surface area (Å²) in [5, 5.41) is 0. The van der Waals surface area contributed by atoms with E-state index in [0.29, 0.717) is 6.61 Å². The molecule has 0 spiro atoms. The lowest BCUT2D eigenvalue weighted by Gasteiger charge is -2.24. The molecule has 12 heavy (non-hydrogen) atoms. The van der Waals surface area contributed by atoms with Crippen LogP contribution in [0.3, 0.4) is 0 Å². The molecule has 0 N–H and O–H groups in total. The van der Waals surface area contributed by atoms with E-state index in [4.69, 9.17) is 9.47 Å². The van der Waals surface area contributed by atoms with Crippen molar-refractivity contribution in [1.29, 1.82) is 0 Å². The van der Waals surface area contributed by atoms with Crippen LogP contribution in [0.25, 0.3) is 0 Å². The quantitative estimate of drug-likeness (QED) is 0.566. The van der Waals surface area contributed by atoms with Crippen LogP contribution in [-0.2, 0) is 14.3 Å². The Morgan fingerprint density at radius 1 is 1.33 bits per heavy atom. The first-order valence-corrected chi connectivity index (χ1v) is 4.14. The van der Waals surface area contributed by atoms with Crippen molar-refractivity contribution >= 4 is 6.29 Å². The summed E-state index contributed by atoms with van der Waals surface area (Å²) in [6.45, 7) is 4.49. The first kappa shape index (κ1) is 11.6. The van der Waals surface area contributed by atoms with E-state index < -0.39 is 0 Å². The van der Waals surface area contributed by atoms with Gasteiger partial charge in [-0.05, 0) is 0 Å². The molecular formula is C9H18O3. The SMILES string of the molecule is COCC(C)C(OC)C(C)C=O. The number of ether oxygens (including phenoxy) is 2. The third kappa shape index (κ3) is 3.32. The van der Waals surface area contributed by atoms with E-state index in [1.54, 1.807) is 14.2 Å². The molecule has 0 radical (unpaired) electrons. The number of methoxy groups -OCH3 is 2. The zero-order valence-electron chi connectivity index (χ0n) is 8.24. The summed E-state index contributed by atoms with van der Waals surface area (Å²) in [5.41, 5.74) is 0. The minimum absolute atomic E-state index is 0.0394. The fourth-order valence-corrected chi connectivity index (χ4v) is 1.40. The molecule has 3 atom stereocenters. The Bertz CT molecular complexity index is 125. The zero-order chi connectivity index (χ0) is 9.56. The Hall–Kier alpha value is -0.410. The maximum atomic E-state index is 10.5. The van der Waals surface area contributed by atoms with Gasteiger partial charge < -0.3 is 14.3 Å². The van der Waals surface area contributed by atoms with Crippen LogP contribution in [0.15, 0.2) is 0 Å². The molecule has 3 nitrogen and oxygen atoms in total. The number of aldehydes is 1. The van der Waals surface area contributed by atoms with Crippen LogP contribution in [0.2, 0.25) is 0 Å². The van der Waals surface area contributed by atoms with Gasteiger partial charge in [-0.2, -0.15) is 0 Å². The predicted molar refractivity (Wildman–Crippen MR) is 47.1 cm³/mol. The molecule has 0 heterocycles. The van der Waals surface area contributed by atoms with E-state index in [1.165, 1.54) is 0 Å². The number of carbonyl (C=O) groups excluding carboxylic acids is 1. The highest BCUT2D eigenvalue weighted by Crippen LogP contribution is 2.14. The van der Waals surface area contributed by atoms with E-state index in [2.05, 4.69) is 0 Å². The standard InChI is InChI=1S/C9H18O3/c1-7(5-10)9(12-4)8(2)6-11-3/h5,7-9H,6H2,1-4H3. The summed E-state index contributed by atoms with van der Waals surface area (Å²) in [6, 6.07) is 0. The average molecular weight is 174 g/mol. The van der Waals surface area contributed by atoms with Gasteiger partial charge in [-0.1, -0.05) is 13.8 Å². The second-order valence-electron chi connectivity index (χ2n) is 3.13. The largest absolute Gasteiger partial charge is 0.384 e. The van der Waals surface area contributed by atoms with Crippen molar-refractivity contribution in [3.63, 3.8) is 0 Å². The fourth-order valence-electron chi connectivity index (χ4n) is 1.40. The van der Waals surface area contributed by atoms with E-state index in [1.807, 2.05) is 13.8 Å². The lowest BCUT2D eigenvalue weighted by atomic mass is 9.95. The summed E-state index contributed by atoms with van der Waals surface area (Å²) in [6.07, 6.45) is 0.878. The summed E-state index contributed by atoms with van der Waals surface area (Å²) in [7, 11) is 3.27. The normalized spacial score (nSPS) is 18.3. The molecule has 0 saturated heterocycles. The number of carbonyl (C=O) groups is 1. The molecule has 0 aromatic rings. The van der Waals surface area contributed by atoms with Gasteiger partial charge in [0.2, 0.25) is 0 Å². The lowest BCUT2D eigenvalue weighted by molar-refractivity contribution is -0.116. The van der Waals surface area contributed by atoms with E-state index in [-0.39, 0.29) is 17.9 Å². The first-order valence-electron chi connectivity index (χ1n) is 4.14. The van der Waals surface area contributed by atoms with Gasteiger partial charge in [0.25, 0.3) is 0 Å². The second kappa shape index (κ2) is 6.14. The topological polar surface area (TPSA) is 35.5 Å². The molecule has 0 amide bonds. The van der Waals surface area contributed by atoms with E-state index in [0.717, 1.165) is 6.29 Å². The summed E-state index contributed by atoms with van der Waals surface area (Å²) in [4.78, 5) is 10.5.